The minimum atomic E-state index is -2.74. The number of aromatic nitrogens is 2. The van der Waals surface area contributed by atoms with Crippen molar-refractivity contribution in [3.05, 3.63) is 70.6 Å². The number of alkyl halides is 2. The summed E-state index contributed by atoms with van der Waals surface area (Å²) in [6.07, 6.45) is -2.74. The second-order valence-electron chi connectivity index (χ2n) is 6.89. The summed E-state index contributed by atoms with van der Waals surface area (Å²) < 4.78 is 26.5. The lowest BCUT2D eigenvalue weighted by Gasteiger charge is -2.36. The first-order chi connectivity index (χ1) is 14.0. The molecule has 1 aliphatic heterocycles. The van der Waals surface area contributed by atoms with Crippen LogP contribution in [0.4, 0.5) is 14.5 Å². The van der Waals surface area contributed by atoms with Gasteiger partial charge in [0, 0.05) is 37.3 Å². The second kappa shape index (κ2) is 7.98. The van der Waals surface area contributed by atoms with Crippen molar-refractivity contribution in [3.8, 4) is 0 Å². The molecule has 4 rings (SSSR count). The summed E-state index contributed by atoms with van der Waals surface area (Å²) in [5.41, 5.74) is 0.508. The Bertz CT molecular complexity index is 1080. The van der Waals surface area contributed by atoms with Gasteiger partial charge in [0.2, 0.25) is 0 Å². The minimum absolute atomic E-state index is 0.0361. The molecule has 0 saturated carbocycles. The van der Waals surface area contributed by atoms with Gasteiger partial charge in [-0.25, -0.2) is 13.5 Å². The number of rotatable bonds is 4. The molecule has 3 aromatic rings. The monoisotopic (exact) mass is 398 g/mol. The summed E-state index contributed by atoms with van der Waals surface area (Å²) in [6, 6.07) is 16.4. The molecule has 6 nitrogen and oxygen atoms in total. The van der Waals surface area contributed by atoms with Gasteiger partial charge in [-0.2, -0.15) is 5.10 Å². The highest BCUT2D eigenvalue weighted by molar-refractivity contribution is 6.04. The molecule has 1 fully saturated rings. The van der Waals surface area contributed by atoms with Crippen LogP contribution in [0.2, 0.25) is 0 Å². The van der Waals surface area contributed by atoms with Gasteiger partial charge in [0.25, 0.3) is 17.9 Å². The van der Waals surface area contributed by atoms with Crippen molar-refractivity contribution in [3.63, 3.8) is 0 Å². The lowest BCUT2D eigenvalue weighted by atomic mass is 10.1. The average molecular weight is 398 g/mol. The van der Waals surface area contributed by atoms with Gasteiger partial charge in [-0.3, -0.25) is 9.59 Å². The number of fused-ring (bicyclic) bond motifs is 1. The van der Waals surface area contributed by atoms with E-state index < -0.39 is 18.5 Å². The number of para-hydroxylation sites is 1. The molecule has 2 heterocycles. The Morgan fingerprint density at radius 1 is 0.931 bits per heavy atom. The van der Waals surface area contributed by atoms with Crippen LogP contribution in [-0.2, 0) is 6.54 Å². The molecule has 0 unspecified atom stereocenters. The van der Waals surface area contributed by atoms with Crippen LogP contribution < -0.4 is 10.5 Å². The lowest BCUT2D eigenvalue weighted by Crippen LogP contribution is -2.49. The van der Waals surface area contributed by atoms with Crippen molar-refractivity contribution < 1.29 is 13.6 Å². The highest BCUT2D eigenvalue weighted by atomic mass is 19.3. The molecule has 0 atom stereocenters. The normalized spacial score (nSPS) is 14.6. The molecule has 0 N–H and O–H groups in total. The molecule has 0 radical (unpaired) electrons. The average Bonchev–Trinajstić information content (AvgIpc) is 2.76. The predicted octanol–water partition coefficient (Wildman–Crippen LogP) is 2.62. The zero-order valence-corrected chi connectivity index (χ0v) is 15.7. The molecule has 1 amide bonds. The van der Waals surface area contributed by atoms with Gasteiger partial charge in [0.15, 0.2) is 5.69 Å². The van der Waals surface area contributed by atoms with E-state index in [4.69, 9.17) is 0 Å². The molecule has 0 aliphatic carbocycles. The summed E-state index contributed by atoms with van der Waals surface area (Å²) in [5, 5.41) is 4.62. The van der Waals surface area contributed by atoms with E-state index in [1.807, 2.05) is 30.3 Å². The summed E-state index contributed by atoms with van der Waals surface area (Å²) in [4.78, 5) is 29.4. The Hall–Kier alpha value is -3.29. The van der Waals surface area contributed by atoms with E-state index >= 15 is 0 Å². The molecular weight excluding hydrogens is 378 g/mol. The van der Waals surface area contributed by atoms with Crippen LogP contribution in [0.1, 0.15) is 10.5 Å². The number of amides is 1. The predicted molar refractivity (Wildman–Crippen MR) is 107 cm³/mol. The van der Waals surface area contributed by atoms with Gasteiger partial charge in [0.05, 0.1) is 5.39 Å². The SMILES string of the molecule is O=C(c1nn(CC(F)F)c(=O)c2ccccc12)N1CCN(c2ccccc2)CC1. The fourth-order valence-electron chi connectivity index (χ4n) is 3.60. The highest BCUT2D eigenvalue weighted by Crippen LogP contribution is 2.19. The Balaban J connectivity index is 1.62. The van der Waals surface area contributed by atoms with Crippen LogP contribution in [0, 0.1) is 0 Å². The first-order valence-corrected chi connectivity index (χ1v) is 9.42. The van der Waals surface area contributed by atoms with Crippen molar-refractivity contribution in [1.29, 1.82) is 0 Å². The lowest BCUT2D eigenvalue weighted by molar-refractivity contribution is 0.0735. The van der Waals surface area contributed by atoms with Crippen molar-refractivity contribution in [2.45, 2.75) is 13.0 Å². The van der Waals surface area contributed by atoms with E-state index in [0.717, 1.165) is 5.69 Å². The van der Waals surface area contributed by atoms with Gasteiger partial charge in [-0.05, 0) is 18.2 Å². The number of halogens is 2. The number of piperazine rings is 1. The van der Waals surface area contributed by atoms with Crippen LogP contribution >= 0.6 is 0 Å². The van der Waals surface area contributed by atoms with E-state index in [-0.39, 0.29) is 17.0 Å². The van der Waals surface area contributed by atoms with E-state index in [9.17, 15) is 18.4 Å². The third-order valence-corrected chi connectivity index (χ3v) is 5.07. The molecule has 150 valence electrons. The molecule has 0 bridgehead atoms. The second-order valence-corrected chi connectivity index (χ2v) is 6.89. The smallest absolute Gasteiger partial charge is 0.275 e. The van der Waals surface area contributed by atoms with Crippen LogP contribution in [0.3, 0.4) is 0 Å². The molecule has 1 aliphatic rings. The van der Waals surface area contributed by atoms with Crippen molar-refractivity contribution in [2.75, 3.05) is 31.1 Å². The van der Waals surface area contributed by atoms with Gasteiger partial charge in [0.1, 0.15) is 6.54 Å². The molecule has 29 heavy (non-hydrogen) atoms. The summed E-state index contributed by atoms with van der Waals surface area (Å²) in [7, 11) is 0. The number of carbonyl (C=O) groups is 1. The van der Waals surface area contributed by atoms with Gasteiger partial charge in [-0.15, -0.1) is 0 Å². The number of nitrogens with zero attached hydrogens (tertiary/aromatic N) is 4. The highest BCUT2D eigenvalue weighted by Gasteiger charge is 2.26. The number of hydrogen-bond acceptors (Lipinski definition) is 4. The maximum atomic E-state index is 13.1. The van der Waals surface area contributed by atoms with E-state index in [1.165, 1.54) is 6.07 Å². The number of carbonyl (C=O) groups excluding carboxylic acids is 1. The van der Waals surface area contributed by atoms with Crippen LogP contribution in [-0.4, -0.2) is 53.2 Å². The zero-order chi connectivity index (χ0) is 20.4. The summed E-state index contributed by atoms with van der Waals surface area (Å²) in [5.74, 6) is -0.350. The summed E-state index contributed by atoms with van der Waals surface area (Å²) >= 11 is 0. The quantitative estimate of drug-likeness (QED) is 0.678. The van der Waals surface area contributed by atoms with E-state index in [1.54, 1.807) is 23.1 Å². The Morgan fingerprint density at radius 2 is 1.55 bits per heavy atom. The fraction of sp³-hybridized carbons (Fsp3) is 0.286. The fourth-order valence-corrected chi connectivity index (χ4v) is 3.60. The maximum Gasteiger partial charge on any atom is 0.275 e. The van der Waals surface area contributed by atoms with Crippen molar-refractivity contribution >= 4 is 22.4 Å². The number of anilines is 1. The summed E-state index contributed by atoms with van der Waals surface area (Å²) in [6.45, 7) is 1.44. The molecule has 1 aromatic heterocycles. The van der Waals surface area contributed by atoms with Gasteiger partial charge >= 0.3 is 0 Å². The standard InChI is InChI=1S/C21H20F2N4O2/c22-18(23)14-27-20(28)17-9-5-4-8-16(17)19(24-27)21(29)26-12-10-25(11-13-26)15-6-2-1-3-7-15/h1-9,18H,10-14H2. The Labute approximate surface area is 166 Å². The third kappa shape index (κ3) is 3.83. The number of benzene rings is 2. The maximum absolute atomic E-state index is 13.1. The largest absolute Gasteiger partial charge is 0.368 e. The van der Waals surface area contributed by atoms with Gasteiger partial charge in [-0.1, -0.05) is 36.4 Å². The topological polar surface area (TPSA) is 58.4 Å². The third-order valence-electron chi connectivity index (χ3n) is 5.07. The van der Waals surface area contributed by atoms with Crippen LogP contribution in [0.5, 0.6) is 0 Å². The molecule has 8 heteroatoms. The molecule has 1 saturated heterocycles. The first kappa shape index (κ1) is 19.0. The van der Waals surface area contributed by atoms with E-state index in [0.29, 0.717) is 36.2 Å². The Morgan fingerprint density at radius 3 is 2.21 bits per heavy atom. The van der Waals surface area contributed by atoms with Crippen LogP contribution in [0.25, 0.3) is 10.8 Å². The number of hydrogen-bond donors (Lipinski definition) is 0. The minimum Gasteiger partial charge on any atom is -0.368 e. The molecule has 0 spiro atoms. The van der Waals surface area contributed by atoms with E-state index in [2.05, 4.69) is 10.00 Å². The first-order valence-electron chi connectivity index (χ1n) is 9.42. The van der Waals surface area contributed by atoms with Crippen LogP contribution in [0.15, 0.2) is 59.4 Å². The molecule has 2 aromatic carbocycles. The van der Waals surface area contributed by atoms with Gasteiger partial charge < -0.3 is 9.80 Å². The molecular formula is C21H20F2N4O2. The Kier molecular flexibility index (Phi) is 5.24. The zero-order valence-electron chi connectivity index (χ0n) is 15.7. The van der Waals surface area contributed by atoms with Crippen molar-refractivity contribution in [1.82, 2.24) is 14.7 Å². The van der Waals surface area contributed by atoms with Crippen molar-refractivity contribution in [2.24, 2.45) is 0 Å².